The highest BCUT2D eigenvalue weighted by Gasteiger charge is 2.36. The van der Waals surface area contributed by atoms with Gasteiger partial charge < -0.3 is 4.74 Å². The molecule has 0 aromatic heterocycles. The van der Waals surface area contributed by atoms with E-state index >= 15 is 4.39 Å². The van der Waals surface area contributed by atoms with E-state index in [1.807, 2.05) is 0 Å². The van der Waals surface area contributed by atoms with Crippen LogP contribution in [0.15, 0.2) is 24.3 Å². The minimum absolute atomic E-state index is 0.122. The fourth-order valence-electron chi connectivity index (χ4n) is 5.32. The molecule has 1 saturated carbocycles. The zero-order valence-corrected chi connectivity index (χ0v) is 18.9. The van der Waals surface area contributed by atoms with Gasteiger partial charge in [0, 0.05) is 17.5 Å². The maximum absolute atomic E-state index is 15.3. The predicted octanol–water partition coefficient (Wildman–Crippen LogP) is 7.55. The van der Waals surface area contributed by atoms with Crippen molar-refractivity contribution >= 4 is 5.97 Å². The largest absolute Gasteiger partial charge is 0.458 e. The van der Waals surface area contributed by atoms with Gasteiger partial charge in [0.15, 0.2) is 11.6 Å². The molecule has 1 atom stereocenters. The molecule has 2 aliphatic rings. The van der Waals surface area contributed by atoms with Crippen LogP contribution < -0.4 is 0 Å². The van der Waals surface area contributed by atoms with Gasteiger partial charge in [0.1, 0.15) is 11.9 Å². The van der Waals surface area contributed by atoms with Crippen molar-refractivity contribution in [2.45, 2.75) is 77.7 Å². The molecule has 0 bridgehead atoms. The molecule has 1 fully saturated rings. The molecule has 4 rings (SSSR count). The van der Waals surface area contributed by atoms with Crippen molar-refractivity contribution in [2.75, 3.05) is 0 Å². The van der Waals surface area contributed by atoms with Crippen LogP contribution in [-0.4, -0.2) is 12.1 Å². The van der Waals surface area contributed by atoms with Gasteiger partial charge in [-0.2, -0.15) is 0 Å². The van der Waals surface area contributed by atoms with Gasteiger partial charge in [-0.3, -0.25) is 0 Å². The average Bonchev–Trinajstić information content (AvgIpc) is 2.79. The van der Waals surface area contributed by atoms with Gasteiger partial charge in [0.25, 0.3) is 0 Å². The van der Waals surface area contributed by atoms with Gasteiger partial charge in [0.05, 0.1) is 5.56 Å². The van der Waals surface area contributed by atoms with Crippen molar-refractivity contribution in [3.8, 4) is 11.1 Å². The van der Waals surface area contributed by atoms with Crippen molar-refractivity contribution in [2.24, 2.45) is 11.8 Å². The Kier molecular flexibility index (Phi) is 6.92. The molecule has 0 N–H and O–H groups in total. The Morgan fingerprint density at radius 3 is 2.31 bits per heavy atom. The summed E-state index contributed by atoms with van der Waals surface area (Å²) < 4.78 is 49.4. The van der Waals surface area contributed by atoms with Gasteiger partial charge in [-0.15, -0.1) is 0 Å². The second-order valence-electron chi connectivity index (χ2n) is 9.44. The fraction of sp³-hybridized carbons (Fsp3) is 0.519. The summed E-state index contributed by atoms with van der Waals surface area (Å²) in [6.45, 7) is 3.66. The third-order valence-corrected chi connectivity index (χ3v) is 7.31. The molecule has 0 radical (unpaired) electrons. The van der Waals surface area contributed by atoms with Crippen LogP contribution in [0, 0.1) is 36.2 Å². The Morgan fingerprint density at radius 2 is 1.59 bits per heavy atom. The van der Waals surface area contributed by atoms with Gasteiger partial charge >= 0.3 is 5.97 Å². The zero-order chi connectivity index (χ0) is 22.8. The summed E-state index contributed by atoms with van der Waals surface area (Å²) in [6.07, 6.45) is 9.65. The van der Waals surface area contributed by atoms with Crippen LogP contribution in [0.25, 0.3) is 11.1 Å². The number of cyclic esters (lactones) is 1. The van der Waals surface area contributed by atoms with E-state index in [1.165, 1.54) is 50.8 Å². The molecule has 0 saturated heterocycles. The summed E-state index contributed by atoms with van der Waals surface area (Å²) in [7, 11) is 0. The Bertz CT molecular complexity index is 993. The van der Waals surface area contributed by atoms with Gasteiger partial charge in [0.2, 0.25) is 0 Å². The van der Waals surface area contributed by atoms with Crippen LogP contribution >= 0.6 is 0 Å². The smallest absolute Gasteiger partial charge is 0.341 e. The van der Waals surface area contributed by atoms with Gasteiger partial charge in [-0.05, 0) is 42.7 Å². The lowest BCUT2D eigenvalue weighted by Crippen LogP contribution is -2.36. The second kappa shape index (κ2) is 9.68. The minimum atomic E-state index is -1.11. The lowest BCUT2D eigenvalue weighted by atomic mass is 9.75. The number of fused-ring (bicyclic) bond motifs is 1. The first-order valence-corrected chi connectivity index (χ1v) is 11.9. The van der Waals surface area contributed by atoms with Crippen molar-refractivity contribution in [3.63, 3.8) is 0 Å². The number of carbonyl (C=O) groups excluding carboxylic acids is 1. The van der Waals surface area contributed by atoms with Crippen LogP contribution in [0.2, 0.25) is 0 Å². The molecule has 1 unspecified atom stereocenters. The highest BCUT2D eigenvalue weighted by atomic mass is 19.2. The fourth-order valence-corrected chi connectivity index (χ4v) is 5.32. The summed E-state index contributed by atoms with van der Waals surface area (Å²) in [5.41, 5.74) is 0.276. The number of unbranched alkanes of at least 4 members (excludes halogenated alkanes) is 2. The van der Waals surface area contributed by atoms with Crippen LogP contribution in [-0.2, 0) is 11.2 Å². The Hall–Kier alpha value is -2.30. The van der Waals surface area contributed by atoms with Crippen molar-refractivity contribution < 1.29 is 22.7 Å². The normalized spacial score (nSPS) is 23.0. The number of rotatable bonds is 6. The van der Waals surface area contributed by atoms with Crippen LogP contribution in [0.4, 0.5) is 13.2 Å². The summed E-state index contributed by atoms with van der Waals surface area (Å²) in [4.78, 5) is 12.8. The number of aryl methyl sites for hydroxylation is 1. The van der Waals surface area contributed by atoms with Crippen molar-refractivity contribution in [1.29, 1.82) is 0 Å². The molecule has 5 heteroatoms. The number of hydrogen-bond donors (Lipinski definition) is 0. The third-order valence-electron chi connectivity index (χ3n) is 7.31. The summed E-state index contributed by atoms with van der Waals surface area (Å²) in [6, 6.07) is 5.85. The molecule has 1 heterocycles. The van der Waals surface area contributed by atoms with E-state index in [9.17, 15) is 13.6 Å². The van der Waals surface area contributed by atoms with Crippen molar-refractivity contribution in [3.05, 3.63) is 58.4 Å². The van der Waals surface area contributed by atoms with E-state index in [0.717, 1.165) is 31.6 Å². The quantitative estimate of drug-likeness (QED) is 0.340. The molecule has 32 heavy (non-hydrogen) atoms. The maximum atomic E-state index is 15.3. The van der Waals surface area contributed by atoms with Crippen LogP contribution in [0.3, 0.4) is 0 Å². The number of benzene rings is 2. The molecule has 2 aromatic carbocycles. The highest BCUT2D eigenvalue weighted by molar-refractivity contribution is 5.94. The second-order valence-corrected chi connectivity index (χ2v) is 9.44. The molecule has 2 aromatic rings. The molecule has 2 nitrogen and oxygen atoms in total. The van der Waals surface area contributed by atoms with Crippen molar-refractivity contribution in [1.82, 2.24) is 0 Å². The molecule has 1 aliphatic carbocycles. The first-order valence-electron chi connectivity index (χ1n) is 11.9. The maximum Gasteiger partial charge on any atom is 0.341 e. The zero-order valence-electron chi connectivity index (χ0n) is 18.9. The first kappa shape index (κ1) is 22.9. The average molecular weight is 445 g/mol. The van der Waals surface area contributed by atoms with Gasteiger partial charge in [-0.25, -0.2) is 18.0 Å². The molecule has 172 valence electrons. The highest BCUT2D eigenvalue weighted by Crippen LogP contribution is 2.39. The summed E-state index contributed by atoms with van der Waals surface area (Å²) in [5, 5.41) is 0. The SMILES string of the molecule is CCCCCC1CCC(C2Cc3ccc(-c4ccc(C)c(F)c4F)c(F)c3C(=O)O2)CC1. The van der Waals surface area contributed by atoms with E-state index in [4.69, 9.17) is 4.74 Å². The number of esters is 1. The lowest BCUT2D eigenvalue weighted by Gasteiger charge is -2.36. The topological polar surface area (TPSA) is 26.3 Å². The van der Waals surface area contributed by atoms with E-state index < -0.39 is 23.4 Å². The van der Waals surface area contributed by atoms with Gasteiger partial charge in [-0.1, -0.05) is 69.7 Å². The van der Waals surface area contributed by atoms with E-state index in [0.29, 0.717) is 17.9 Å². The molecule has 1 aliphatic heterocycles. The summed E-state index contributed by atoms with van der Waals surface area (Å²) >= 11 is 0. The van der Waals surface area contributed by atoms with E-state index in [1.54, 1.807) is 6.07 Å². The molecular weight excluding hydrogens is 413 g/mol. The predicted molar refractivity (Wildman–Crippen MR) is 119 cm³/mol. The third kappa shape index (κ3) is 4.44. The molecular formula is C27H31F3O2. The first-order chi connectivity index (χ1) is 15.4. The number of ether oxygens (including phenoxy) is 1. The number of carbonyl (C=O) groups is 1. The monoisotopic (exact) mass is 444 g/mol. The lowest BCUT2D eigenvalue weighted by molar-refractivity contribution is -0.000930. The van der Waals surface area contributed by atoms with Crippen LogP contribution in [0.1, 0.15) is 79.8 Å². The standard InChI is InChI=1S/C27H31F3O2/c1-3-4-5-6-17-8-10-18(11-9-17)22-15-19-12-14-20(25(29)23(19)27(31)32-22)21-13-7-16(2)24(28)26(21)30/h7,12-14,17-18,22H,3-6,8-11,15H2,1-2H3. The van der Waals surface area contributed by atoms with E-state index in [-0.39, 0.29) is 28.4 Å². The Morgan fingerprint density at radius 1 is 0.906 bits per heavy atom. The molecule has 0 spiro atoms. The number of hydrogen-bond acceptors (Lipinski definition) is 2. The number of halogens is 3. The Balaban J connectivity index is 1.50. The molecule has 0 amide bonds. The minimum Gasteiger partial charge on any atom is -0.458 e. The van der Waals surface area contributed by atoms with E-state index in [2.05, 4.69) is 6.92 Å². The summed E-state index contributed by atoms with van der Waals surface area (Å²) in [5.74, 6) is -2.61. The van der Waals surface area contributed by atoms with Crippen LogP contribution in [0.5, 0.6) is 0 Å². The Labute approximate surface area is 188 Å².